The van der Waals surface area contributed by atoms with Crippen LogP contribution in [0, 0.1) is 11.8 Å². The van der Waals surface area contributed by atoms with Gasteiger partial charge in [0, 0.05) is 13.1 Å². The molecule has 0 bridgehead atoms. The Morgan fingerprint density at radius 1 is 1.67 bits per heavy atom. The summed E-state index contributed by atoms with van der Waals surface area (Å²) in [6.45, 7) is 6.22. The average molecular weight is 190 g/mol. The van der Waals surface area contributed by atoms with E-state index in [-0.39, 0.29) is 11.8 Å². The van der Waals surface area contributed by atoms with Crippen molar-refractivity contribution in [2.45, 2.75) is 20.3 Å². The molecule has 0 saturated carbocycles. The van der Waals surface area contributed by atoms with Gasteiger partial charge >= 0.3 is 0 Å². The van der Waals surface area contributed by atoms with Gasteiger partial charge < -0.3 is 4.90 Å². The largest absolute Gasteiger partial charge is 0.341 e. The number of carbonyl (C=O) groups is 1. The first-order valence-corrected chi connectivity index (χ1v) is 5.02. The third-order valence-electron chi connectivity index (χ3n) is 2.63. The molecule has 2 nitrogen and oxygen atoms in total. The van der Waals surface area contributed by atoms with Crippen LogP contribution >= 0.6 is 11.6 Å². The fourth-order valence-corrected chi connectivity index (χ4v) is 1.81. The fourth-order valence-electron chi connectivity index (χ4n) is 1.64. The van der Waals surface area contributed by atoms with Crippen LogP contribution in [0.4, 0.5) is 0 Å². The van der Waals surface area contributed by atoms with Crippen LogP contribution in [-0.4, -0.2) is 29.8 Å². The van der Waals surface area contributed by atoms with E-state index in [9.17, 15) is 4.79 Å². The van der Waals surface area contributed by atoms with Crippen LogP contribution in [0.5, 0.6) is 0 Å². The Bertz CT molecular complexity index is 170. The van der Waals surface area contributed by atoms with Crippen molar-refractivity contribution in [1.82, 2.24) is 4.90 Å². The van der Waals surface area contributed by atoms with Crippen molar-refractivity contribution in [2.24, 2.45) is 11.8 Å². The third-order valence-corrected chi connectivity index (χ3v) is 2.86. The molecule has 1 fully saturated rings. The zero-order chi connectivity index (χ0) is 9.14. The zero-order valence-corrected chi connectivity index (χ0v) is 8.47. The van der Waals surface area contributed by atoms with Crippen LogP contribution in [0.2, 0.25) is 0 Å². The van der Waals surface area contributed by atoms with Gasteiger partial charge in [-0.3, -0.25) is 4.79 Å². The molecule has 0 aromatic carbocycles. The van der Waals surface area contributed by atoms with Crippen molar-refractivity contribution in [3.05, 3.63) is 0 Å². The summed E-state index contributed by atoms with van der Waals surface area (Å²) < 4.78 is 0. The minimum atomic E-state index is 0.0832. The molecule has 1 atom stereocenters. The quantitative estimate of drug-likeness (QED) is 0.606. The third kappa shape index (κ3) is 2.13. The number of likely N-dealkylation sites (tertiary alicyclic amines) is 1. The molecule has 0 aromatic heterocycles. The van der Waals surface area contributed by atoms with Gasteiger partial charge in [-0.1, -0.05) is 13.8 Å². The summed E-state index contributed by atoms with van der Waals surface area (Å²) in [7, 11) is 0. The van der Waals surface area contributed by atoms with Gasteiger partial charge in [0.2, 0.25) is 5.91 Å². The van der Waals surface area contributed by atoms with Crippen LogP contribution in [0.3, 0.4) is 0 Å². The Balaban J connectivity index is 2.40. The van der Waals surface area contributed by atoms with Crippen LogP contribution in [-0.2, 0) is 4.79 Å². The molecule has 12 heavy (non-hydrogen) atoms. The van der Waals surface area contributed by atoms with E-state index in [2.05, 4.69) is 13.8 Å². The van der Waals surface area contributed by atoms with E-state index in [0.29, 0.717) is 11.8 Å². The molecule has 1 saturated heterocycles. The summed E-state index contributed by atoms with van der Waals surface area (Å²) in [5.74, 6) is 1.57. The van der Waals surface area contributed by atoms with Crippen LogP contribution in [0.1, 0.15) is 20.3 Å². The number of amides is 1. The van der Waals surface area contributed by atoms with Gasteiger partial charge in [-0.05, 0) is 18.3 Å². The molecule has 0 spiro atoms. The van der Waals surface area contributed by atoms with Crippen molar-refractivity contribution in [3.8, 4) is 0 Å². The average Bonchev–Trinajstić information content (AvgIpc) is 2.51. The lowest BCUT2D eigenvalue weighted by atomic mass is 9.95. The van der Waals surface area contributed by atoms with E-state index in [1.165, 1.54) is 0 Å². The van der Waals surface area contributed by atoms with Gasteiger partial charge in [0.15, 0.2) is 0 Å². The van der Waals surface area contributed by atoms with Gasteiger partial charge in [-0.25, -0.2) is 0 Å². The summed E-state index contributed by atoms with van der Waals surface area (Å²) in [5.41, 5.74) is 0. The molecule has 3 heteroatoms. The molecule has 1 amide bonds. The van der Waals surface area contributed by atoms with Gasteiger partial charge in [0.05, 0.1) is 0 Å². The maximum atomic E-state index is 11.2. The fraction of sp³-hybridized carbons (Fsp3) is 0.889. The van der Waals surface area contributed by atoms with Crippen molar-refractivity contribution >= 4 is 17.5 Å². The second-order valence-electron chi connectivity index (χ2n) is 3.77. The highest BCUT2D eigenvalue weighted by Gasteiger charge is 2.27. The number of carbonyl (C=O) groups excluding carboxylic acids is 1. The minimum absolute atomic E-state index is 0.0832. The molecule has 1 aliphatic rings. The van der Waals surface area contributed by atoms with Crippen molar-refractivity contribution in [3.63, 3.8) is 0 Å². The monoisotopic (exact) mass is 189 g/mol. The number of hydrogen-bond donors (Lipinski definition) is 0. The van der Waals surface area contributed by atoms with Crippen LogP contribution in [0.15, 0.2) is 0 Å². The first-order chi connectivity index (χ1) is 5.65. The Hall–Kier alpha value is -0.240. The number of rotatable bonds is 2. The molecule has 0 N–H and O–H groups in total. The Kier molecular flexibility index (Phi) is 3.39. The van der Waals surface area contributed by atoms with Crippen molar-refractivity contribution in [2.75, 3.05) is 19.0 Å². The number of alkyl halides is 1. The minimum Gasteiger partial charge on any atom is -0.341 e. The highest BCUT2D eigenvalue weighted by molar-refractivity contribution is 6.27. The standard InChI is InChI=1S/C9H16ClNO/c1-7(2)8-3-4-11(6-8)9(12)5-10/h7-8H,3-6H2,1-2H3. The predicted octanol–water partition coefficient (Wildman–Crippen LogP) is 1.73. The Labute approximate surface area is 78.9 Å². The zero-order valence-electron chi connectivity index (χ0n) is 7.72. The van der Waals surface area contributed by atoms with Crippen molar-refractivity contribution < 1.29 is 4.79 Å². The van der Waals surface area contributed by atoms with E-state index in [4.69, 9.17) is 11.6 Å². The predicted molar refractivity (Wildman–Crippen MR) is 50.2 cm³/mol. The molecular formula is C9H16ClNO. The second kappa shape index (κ2) is 4.13. The summed E-state index contributed by atoms with van der Waals surface area (Å²) in [6.07, 6.45) is 1.14. The number of hydrogen-bond acceptors (Lipinski definition) is 1. The first kappa shape index (κ1) is 9.85. The highest BCUT2D eigenvalue weighted by Crippen LogP contribution is 2.23. The molecule has 1 rings (SSSR count). The van der Waals surface area contributed by atoms with Gasteiger partial charge in [0.25, 0.3) is 0 Å². The summed E-state index contributed by atoms with van der Waals surface area (Å²) in [5, 5.41) is 0. The number of halogens is 1. The van der Waals surface area contributed by atoms with Crippen LogP contribution < -0.4 is 0 Å². The summed E-state index contributed by atoms with van der Waals surface area (Å²) in [4.78, 5) is 13.0. The van der Waals surface area contributed by atoms with E-state index in [1.807, 2.05) is 4.90 Å². The Morgan fingerprint density at radius 2 is 2.33 bits per heavy atom. The molecule has 0 aliphatic carbocycles. The SMILES string of the molecule is CC(C)C1CCN(C(=O)CCl)C1. The maximum absolute atomic E-state index is 11.2. The lowest BCUT2D eigenvalue weighted by Gasteiger charge is -2.16. The topological polar surface area (TPSA) is 20.3 Å². The van der Waals surface area contributed by atoms with Crippen LogP contribution in [0.25, 0.3) is 0 Å². The molecule has 70 valence electrons. The molecule has 1 aliphatic heterocycles. The highest BCUT2D eigenvalue weighted by atomic mass is 35.5. The maximum Gasteiger partial charge on any atom is 0.237 e. The first-order valence-electron chi connectivity index (χ1n) is 4.49. The van der Waals surface area contributed by atoms with E-state index in [1.54, 1.807) is 0 Å². The van der Waals surface area contributed by atoms with Crippen molar-refractivity contribution in [1.29, 1.82) is 0 Å². The molecule has 0 aromatic rings. The smallest absolute Gasteiger partial charge is 0.237 e. The second-order valence-corrected chi connectivity index (χ2v) is 4.03. The summed E-state index contributed by atoms with van der Waals surface area (Å²) >= 11 is 5.47. The Morgan fingerprint density at radius 3 is 2.75 bits per heavy atom. The normalized spacial score (nSPS) is 23.7. The van der Waals surface area contributed by atoms with E-state index >= 15 is 0 Å². The lowest BCUT2D eigenvalue weighted by molar-refractivity contribution is -0.127. The van der Waals surface area contributed by atoms with Gasteiger partial charge in [0.1, 0.15) is 5.88 Å². The summed E-state index contributed by atoms with van der Waals surface area (Å²) in [6, 6.07) is 0. The lowest BCUT2D eigenvalue weighted by Crippen LogP contribution is -2.30. The molecular weight excluding hydrogens is 174 g/mol. The van der Waals surface area contributed by atoms with E-state index < -0.39 is 0 Å². The van der Waals surface area contributed by atoms with E-state index in [0.717, 1.165) is 19.5 Å². The number of nitrogens with zero attached hydrogens (tertiary/aromatic N) is 1. The molecule has 1 unspecified atom stereocenters. The van der Waals surface area contributed by atoms with Gasteiger partial charge in [-0.2, -0.15) is 0 Å². The molecule has 0 radical (unpaired) electrons. The van der Waals surface area contributed by atoms with Gasteiger partial charge in [-0.15, -0.1) is 11.6 Å². The molecule has 1 heterocycles.